The molecule has 0 unspecified atom stereocenters. The van der Waals surface area contributed by atoms with Crippen LogP contribution >= 0.6 is 15.9 Å². The summed E-state index contributed by atoms with van der Waals surface area (Å²) in [7, 11) is 2.01. The van der Waals surface area contributed by atoms with E-state index in [4.69, 9.17) is 0 Å². The Balaban J connectivity index is 1.82. The molecule has 5 heteroatoms. The standard InChI is InChI=1S/C15H15BrN4/c1-19-7-5-18-15(19)11-20-8-6-17-14(20)10-12-3-2-4-13(16)9-12/h2-9H,10-11H2,1H3. The normalized spacial score (nSPS) is 10.9. The van der Waals surface area contributed by atoms with Crippen LogP contribution in [0.15, 0.2) is 53.5 Å². The number of imidazole rings is 2. The molecule has 20 heavy (non-hydrogen) atoms. The van der Waals surface area contributed by atoms with Gasteiger partial charge in [0.1, 0.15) is 11.6 Å². The zero-order valence-electron chi connectivity index (χ0n) is 11.2. The van der Waals surface area contributed by atoms with Crippen LogP contribution in [0.4, 0.5) is 0 Å². The number of hydrogen-bond donors (Lipinski definition) is 0. The first-order valence-corrected chi connectivity index (χ1v) is 7.22. The van der Waals surface area contributed by atoms with Crippen LogP contribution < -0.4 is 0 Å². The topological polar surface area (TPSA) is 35.6 Å². The van der Waals surface area contributed by atoms with Gasteiger partial charge in [-0.15, -0.1) is 0 Å². The predicted octanol–water partition coefficient (Wildman–Crippen LogP) is 3.02. The highest BCUT2D eigenvalue weighted by molar-refractivity contribution is 9.10. The maximum Gasteiger partial charge on any atom is 0.128 e. The maximum absolute atomic E-state index is 4.46. The van der Waals surface area contributed by atoms with Crippen molar-refractivity contribution in [2.24, 2.45) is 7.05 Å². The summed E-state index contributed by atoms with van der Waals surface area (Å²) in [4.78, 5) is 8.82. The van der Waals surface area contributed by atoms with E-state index in [2.05, 4.69) is 42.6 Å². The summed E-state index contributed by atoms with van der Waals surface area (Å²) in [5, 5.41) is 0. The third-order valence-electron chi connectivity index (χ3n) is 3.29. The van der Waals surface area contributed by atoms with E-state index < -0.39 is 0 Å². The molecule has 0 radical (unpaired) electrons. The number of benzene rings is 1. The highest BCUT2D eigenvalue weighted by Crippen LogP contribution is 2.15. The Hall–Kier alpha value is -1.88. The van der Waals surface area contributed by atoms with Crippen LogP contribution in [0.2, 0.25) is 0 Å². The van der Waals surface area contributed by atoms with Crippen molar-refractivity contribution in [3.8, 4) is 0 Å². The fourth-order valence-corrected chi connectivity index (χ4v) is 2.63. The maximum atomic E-state index is 4.46. The van der Waals surface area contributed by atoms with Crippen molar-refractivity contribution in [2.75, 3.05) is 0 Å². The van der Waals surface area contributed by atoms with Crippen LogP contribution in [0.5, 0.6) is 0 Å². The fourth-order valence-electron chi connectivity index (χ4n) is 2.18. The molecule has 0 saturated carbocycles. The number of nitrogens with zero attached hydrogens (tertiary/aromatic N) is 4. The van der Waals surface area contributed by atoms with Crippen molar-refractivity contribution in [3.63, 3.8) is 0 Å². The Morgan fingerprint density at radius 3 is 2.65 bits per heavy atom. The first-order chi connectivity index (χ1) is 9.72. The minimum Gasteiger partial charge on any atom is -0.337 e. The van der Waals surface area contributed by atoms with E-state index in [0.717, 1.165) is 29.1 Å². The van der Waals surface area contributed by atoms with Crippen molar-refractivity contribution in [2.45, 2.75) is 13.0 Å². The minimum absolute atomic E-state index is 0.743. The molecule has 0 bridgehead atoms. The van der Waals surface area contributed by atoms with Gasteiger partial charge in [-0.1, -0.05) is 28.1 Å². The number of aryl methyl sites for hydroxylation is 1. The van der Waals surface area contributed by atoms with Crippen molar-refractivity contribution in [1.29, 1.82) is 0 Å². The van der Waals surface area contributed by atoms with Gasteiger partial charge in [-0.05, 0) is 17.7 Å². The molecule has 3 aromatic rings. The SMILES string of the molecule is Cn1ccnc1Cn1ccnc1Cc1cccc(Br)c1. The predicted molar refractivity (Wildman–Crippen MR) is 81.5 cm³/mol. The summed E-state index contributed by atoms with van der Waals surface area (Å²) < 4.78 is 5.27. The monoisotopic (exact) mass is 330 g/mol. The Bertz CT molecular complexity index is 714. The zero-order valence-corrected chi connectivity index (χ0v) is 12.8. The average molecular weight is 331 g/mol. The molecule has 102 valence electrons. The van der Waals surface area contributed by atoms with Crippen LogP contribution in [-0.2, 0) is 20.0 Å². The molecule has 0 aliphatic heterocycles. The summed E-state index contributed by atoms with van der Waals surface area (Å²) in [6, 6.07) is 8.32. The molecule has 0 spiro atoms. The van der Waals surface area contributed by atoms with Crippen molar-refractivity contribution in [1.82, 2.24) is 19.1 Å². The molecule has 0 aliphatic rings. The third-order valence-corrected chi connectivity index (χ3v) is 3.78. The summed E-state index contributed by atoms with van der Waals surface area (Å²) in [6.07, 6.45) is 8.44. The molecule has 3 rings (SSSR count). The van der Waals surface area contributed by atoms with Gasteiger partial charge in [-0.2, -0.15) is 0 Å². The molecule has 0 aliphatic carbocycles. The van der Waals surface area contributed by atoms with Gasteiger partial charge < -0.3 is 9.13 Å². The van der Waals surface area contributed by atoms with E-state index in [0.29, 0.717) is 0 Å². The highest BCUT2D eigenvalue weighted by Gasteiger charge is 2.07. The second-order valence-corrected chi connectivity index (χ2v) is 5.65. The Morgan fingerprint density at radius 2 is 1.90 bits per heavy atom. The van der Waals surface area contributed by atoms with Gasteiger partial charge in [0.05, 0.1) is 6.54 Å². The lowest BCUT2D eigenvalue weighted by Gasteiger charge is -2.08. The highest BCUT2D eigenvalue weighted by atomic mass is 79.9. The molecule has 4 nitrogen and oxygen atoms in total. The third kappa shape index (κ3) is 2.82. The summed E-state index contributed by atoms with van der Waals surface area (Å²) in [6.45, 7) is 0.743. The Kier molecular flexibility index (Phi) is 3.69. The average Bonchev–Trinajstić information content (AvgIpc) is 3.01. The first kappa shape index (κ1) is 13.1. The lowest BCUT2D eigenvalue weighted by Crippen LogP contribution is -2.09. The van der Waals surface area contributed by atoms with Crippen LogP contribution in [0, 0.1) is 0 Å². The van der Waals surface area contributed by atoms with Crippen molar-refractivity contribution < 1.29 is 0 Å². The van der Waals surface area contributed by atoms with Crippen LogP contribution in [-0.4, -0.2) is 19.1 Å². The Labute approximate surface area is 126 Å². The van der Waals surface area contributed by atoms with Gasteiger partial charge in [0, 0.05) is 42.7 Å². The summed E-state index contributed by atoms with van der Waals surface area (Å²) in [5.41, 5.74) is 1.24. The van der Waals surface area contributed by atoms with E-state index >= 15 is 0 Å². The van der Waals surface area contributed by atoms with E-state index in [-0.39, 0.29) is 0 Å². The molecule has 1 aromatic carbocycles. The van der Waals surface area contributed by atoms with Gasteiger partial charge in [0.15, 0.2) is 0 Å². The second kappa shape index (κ2) is 5.63. The molecular weight excluding hydrogens is 316 g/mol. The zero-order chi connectivity index (χ0) is 13.9. The molecule has 0 fully saturated rings. The van der Waals surface area contributed by atoms with E-state index in [1.54, 1.807) is 0 Å². The molecule has 0 amide bonds. The summed E-state index contributed by atoms with van der Waals surface area (Å²) in [5.74, 6) is 2.07. The van der Waals surface area contributed by atoms with Crippen LogP contribution in [0.3, 0.4) is 0 Å². The lowest BCUT2D eigenvalue weighted by atomic mass is 10.1. The van der Waals surface area contributed by atoms with Gasteiger partial charge in [-0.25, -0.2) is 9.97 Å². The first-order valence-electron chi connectivity index (χ1n) is 6.43. The van der Waals surface area contributed by atoms with E-state index in [9.17, 15) is 0 Å². The fraction of sp³-hybridized carbons (Fsp3) is 0.200. The lowest BCUT2D eigenvalue weighted by molar-refractivity contribution is 0.671. The minimum atomic E-state index is 0.743. The number of rotatable bonds is 4. The van der Waals surface area contributed by atoms with Crippen LogP contribution in [0.1, 0.15) is 17.2 Å². The van der Waals surface area contributed by atoms with E-state index in [1.807, 2.05) is 48.5 Å². The molecule has 0 atom stereocenters. The van der Waals surface area contributed by atoms with Crippen LogP contribution in [0.25, 0.3) is 0 Å². The van der Waals surface area contributed by atoms with Gasteiger partial charge in [0.2, 0.25) is 0 Å². The number of hydrogen-bond acceptors (Lipinski definition) is 2. The quantitative estimate of drug-likeness (QED) is 0.737. The largest absolute Gasteiger partial charge is 0.337 e. The smallest absolute Gasteiger partial charge is 0.128 e. The van der Waals surface area contributed by atoms with Crippen molar-refractivity contribution >= 4 is 15.9 Å². The van der Waals surface area contributed by atoms with Gasteiger partial charge in [0.25, 0.3) is 0 Å². The van der Waals surface area contributed by atoms with Crippen molar-refractivity contribution in [3.05, 3.63) is 70.7 Å². The molecule has 2 aromatic heterocycles. The number of halogens is 1. The molecule has 0 N–H and O–H groups in total. The summed E-state index contributed by atoms with van der Waals surface area (Å²) >= 11 is 3.50. The van der Waals surface area contributed by atoms with E-state index in [1.165, 1.54) is 5.56 Å². The molecule has 0 saturated heterocycles. The van der Waals surface area contributed by atoms with Gasteiger partial charge in [-0.3, -0.25) is 0 Å². The van der Waals surface area contributed by atoms with Gasteiger partial charge >= 0.3 is 0 Å². The molecule has 2 heterocycles. The Morgan fingerprint density at radius 1 is 1.10 bits per heavy atom. The second-order valence-electron chi connectivity index (χ2n) is 4.73. The molecular formula is C15H15BrN4. The number of aromatic nitrogens is 4.